The van der Waals surface area contributed by atoms with E-state index in [1.807, 2.05) is 20.8 Å². The highest BCUT2D eigenvalue weighted by atomic mass is 16.5. The smallest absolute Gasteiger partial charge is 0.232 e. The van der Waals surface area contributed by atoms with Crippen LogP contribution >= 0.6 is 0 Å². The molecule has 0 radical (unpaired) electrons. The highest BCUT2D eigenvalue weighted by Crippen LogP contribution is 1.83. The second kappa shape index (κ2) is 9.39. The van der Waals surface area contributed by atoms with Gasteiger partial charge in [0.25, 0.3) is 0 Å². The summed E-state index contributed by atoms with van der Waals surface area (Å²) < 4.78 is 5.04. The molecule has 0 rings (SSSR count). The zero-order chi connectivity index (χ0) is 9.28. The maximum atomic E-state index is 9.18. The highest BCUT2D eigenvalue weighted by molar-refractivity contribution is 5.43. The third-order valence-corrected chi connectivity index (χ3v) is 0.653. The first kappa shape index (κ1) is 13.0. The number of ether oxygens (including phenoxy) is 1. The Bertz CT molecular complexity index is 83.8. The predicted octanol–water partition coefficient (Wildman–Crippen LogP) is 0.895. The summed E-state index contributed by atoms with van der Waals surface area (Å²) in [6.07, 6.45) is 0.704. The van der Waals surface area contributed by atoms with Crippen LogP contribution in [0.3, 0.4) is 0 Å². The van der Waals surface area contributed by atoms with E-state index in [-0.39, 0.29) is 0 Å². The second-order valence-electron chi connectivity index (χ2n) is 2.18. The molecule has 0 saturated heterocycles. The Kier molecular flexibility index (Phi) is 11.1. The molecule has 0 aliphatic carbocycles. The van der Waals surface area contributed by atoms with E-state index in [1.54, 1.807) is 0 Å². The van der Waals surface area contributed by atoms with Crippen molar-refractivity contribution in [2.24, 2.45) is 0 Å². The molecule has 1 amide bonds. The van der Waals surface area contributed by atoms with Crippen molar-refractivity contribution in [1.29, 1.82) is 0 Å². The fraction of sp³-hybridized carbons (Fsp3) is 0.857. The van der Waals surface area contributed by atoms with Gasteiger partial charge in [-0.25, -0.2) is 5.06 Å². The molecule has 4 heteroatoms. The maximum Gasteiger partial charge on any atom is 0.232 e. The van der Waals surface area contributed by atoms with Gasteiger partial charge in [0.2, 0.25) is 6.41 Å². The first-order valence-corrected chi connectivity index (χ1v) is 3.53. The molecule has 0 saturated carbocycles. The minimum absolute atomic E-state index is 0.306. The molecular formula is C7H17NO3. The quantitative estimate of drug-likeness (QED) is 0.382. The molecule has 0 aliphatic rings. The van der Waals surface area contributed by atoms with Crippen molar-refractivity contribution in [1.82, 2.24) is 5.06 Å². The largest absolute Gasteiger partial charge is 0.379 e. The standard InChI is InChI=1S/C5H12O.C2H5NO2/c1-4-6-5(2)3;1-3(5)2-4/h5H,4H2,1-3H3;2,5H,1H3. The van der Waals surface area contributed by atoms with Gasteiger partial charge in [0, 0.05) is 13.7 Å². The first-order valence-electron chi connectivity index (χ1n) is 3.53. The topological polar surface area (TPSA) is 49.8 Å². The fourth-order valence-electron chi connectivity index (χ4n) is 0.333. The van der Waals surface area contributed by atoms with Crippen LogP contribution in [0.1, 0.15) is 20.8 Å². The molecule has 68 valence electrons. The number of amides is 1. The first-order chi connectivity index (χ1) is 5.04. The van der Waals surface area contributed by atoms with Crippen molar-refractivity contribution in [3.05, 3.63) is 0 Å². The van der Waals surface area contributed by atoms with E-state index in [9.17, 15) is 4.79 Å². The third kappa shape index (κ3) is 26.6. The van der Waals surface area contributed by atoms with E-state index in [1.165, 1.54) is 7.05 Å². The average molecular weight is 163 g/mol. The maximum absolute atomic E-state index is 9.18. The molecule has 0 aromatic rings. The molecule has 0 aromatic heterocycles. The van der Waals surface area contributed by atoms with E-state index >= 15 is 0 Å². The Morgan fingerprint density at radius 3 is 2.00 bits per heavy atom. The highest BCUT2D eigenvalue weighted by Gasteiger charge is 1.83. The molecule has 0 aromatic carbocycles. The molecule has 0 atom stereocenters. The molecule has 0 spiro atoms. The molecule has 1 N–H and O–H groups in total. The fourth-order valence-corrected chi connectivity index (χ4v) is 0.333. The minimum Gasteiger partial charge on any atom is -0.379 e. The molecule has 0 unspecified atom stereocenters. The van der Waals surface area contributed by atoms with Crippen LogP contribution in [0.15, 0.2) is 0 Å². The summed E-state index contributed by atoms with van der Waals surface area (Å²) in [4.78, 5) is 9.18. The lowest BCUT2D eigenvalue weighted by Gasteiger charge is -2.00. The molecule has 0 bridgehead atoms. The number of hydroxylamine groups is 2. The zero-order valence-electron chi connectivity index (χ0n) is 7.57. The number of carbonyl (C=O) groups excluding carboxylic acids is 1. The lowest BCUT2D eigenvalue weighted by molar-refractivity contribution is -0.143. The van der Waals surface area contributed by atoms with Gasteiger partial charge in [0.05, 0.1) is 6.10 Å². The van der Waals surface area contributed by atoms with E-state index in [2.05, 4.69) is 0 Å². The summed E-state index contributed by atoms with van der Waals surface area (Å²) in [6.45, 7) is 6.89. The van der Waals surface area contributed by atoms with Gasteiger partial charge in [0.15, 0.2) is 0 Å². The number of nitrogens with zero attached hydrogens (tertiary/aromatic N) is 1. The summed E-state index contributed by atoms with van der Waals surface area (Å²) in [5.41, 5.74) is 0. The lowest BCUT2D eigenvalue weighted by atomic mass is 10.5. The van der Waals surface area contributed by atoms with Gasteiger partial charge in [0.1, 0.15) is 0 Å². The van der Waals surface area contributed by atoms with Crippen LogP contribution in [0.4, 0.5) is 0 Å². The summed E-state index contributed by atoms with van der Waals surface area (Å²) in [6, 6.07) is 0. The molecule has 11 heavy (non-hydrogen) atoms. The number of rotatable bonds is 3. The van der Waals surface area contributed by atoms with Crippen molar-refractivity contribution < 1.29 is 14.7 Å². The van der Waals surface area contributed by atoms with Crippen molar-refractivity contribution >= 4 is 6.41 Å². The van der Waals surface area contributed by atoms with Crippen LogP contribution in [0.5, 0.6) is 0 Å². The van der Waals surface area contributed by atoms with Crippen LogP contribution in [0, 0.1) is 0 Å². The van der Waals surface area contributed by atoms with E-state index in [0.717, 1.165) is 6.61 Å². The second-order valence-corrected chi connectivity index (χ2v) is 2.18. The molecule has 4 nitrogen and oxygen atoms in total. The summed E-state index contributed by atoms with van der Waals surface area (Å²) in [5.74, 6) is 0. The van der Waals surface area contributed by atoms with Gasteiger partial charge < -0.3 is 4.74 Å². The summed E-state index contributed by atoms with van der Waals surface area (Å²) in [7, 11) is 1.24. The van der Waals surface area contributed by atoms with E-state index in [4.69, 9.17) is 9.94 Å². The van der Waals surface area contributed by atoms with Gasteiger partial charge in [-0.05, 0) is 20.8 Å². The average Bonchev–Trinajstić information content (AvgIpc) is 1.89. The number of hydrogen-bond acceptors (Lipinski definition) is 3. The molecular weight excluding hydrogens is 146 g/mol. The summed E-state index contributed by atoms with van der Waals surface area (Å²) in [5, 5.41) is 8.27. The molecule has 0 aliphatic heterocycles. The number of hydrogen-bond donors (Lipinski definition) is 1. The van der Waals surface area contributed by atoms with Crippen molar-refractivity contribution in [3.63, 3.8) is 0 Å². The van der Waals surface area contributed by atoms with E-state index < -0.39 is 0 Å². The Morgan fingerprint density at radius 1 is 1.64 bits per heavy atom. The predicted molar refractivity (Wildman–Crippen MR) is 42.4 cm³/mol. The Labute approximate surface area is 67.7 Å². The van der Waals surface area contributed by atoms with Crippen molar-refractivity contribution in [2.75, 3.05) is 13.7 Å². The normalized spacial score (nSPS) is 8.55. The van der Waals surface area contributed by atoms with E-state index in [0.29, 0.717) is 17.6 Å². The van der Waals surface area contributed by atoms with Gasteiger partial charge in [-0.1, -0.05) is 0 Å². The zero-order valence-corrected chi connectivity index (χ0v) is 7.57. The Morgan fingerprint density at radius 2 is 2.00 bits per heavy atom. The lowest BCUT2D eigenvalue weighted by Crippen LogP contribution is -2.07. The SMILES string of the molecule is CCOC(C)C.CN(O)C=O. The van der Waals surface area contributed by atoms with Gasteiger partial charge in [-0.3, -0.25) is 10.0 Å². The van der Waals surface area contributed by atoms with Crippen molar-refractivity contribution in [2.45, 2.75) is 26.9 Å². The Balaban J connectivity index is 0. The minimum atomic E-state index is 0.306. The molecule has 0 fully saturated rings. The summed E-state index contributed by atoms with van der Waals surface area (Å²) >= 11 is 0. The van der Waals surface area contributed by atoms with Crippen LogP contribution < -0.4 is 0 Å². The Hall–Kier alpha value is -0.610. The van der Waals surface area contributed by atoms with Crippen molar-refractivity contribution in [3.8, 4) is 0 Å². The monoisotopic (exact) mass is 163 g/mol. The van der Waals surface area contributed by atoms with Gasteiger partial charge >= 0.3 is 0 Å². The van der Waals surface area contributed by atoms with Crippen LogP contribution in [0.25, 0.3) is 0 Å². The van der Waals surface area contributed by atoms with Crippen LogP contribution in [-0.2, 0) is 9.53 Å². The number of carbonyl (C=O) groups is 1. The van der Waals surface area contributed by atoms with Gasteiger partial charge in [-0.15, -0.1) is 0 Å². The van der Waals surface area contributed by atoms with Crippen LogP contribution in [0.2, 0.25) is 0 Å². The van der Waals surface area contributed by atoms with Gasteiger partial charge in [-0.2, -0.15) is 0 Å². The third-order valence-electron chi connectivity index (χ3n) is 0.653. The van der Waals surface area contributed by atoms with Crippen LogP contribution in [-0.4, -0.2) is 36.4 Å². The molecule has 0 heterocycles.